The number of carbonyl (C=O) groups excluding carboxylic acids is 3. The molecule has 1 aromatic heterocycles. The number of rotatable bonds is 23. The minimum Gasteiger partial charge on any atom is -0.457 e. The summed E-state index contributed by atoms with van der Waals surface area (Å²) in [5, 5.41) is 101. The second-order valence-corrected chi connectivity index (χ2v) is 22.5. The molecule has 2 amide bonds. The summed E-state index contributed by atoms with van der Waals surface area (Å²) in [7, 11) is 0. The summed E-state index contributed by atoms with van der Waals surface area (Å²) in [6.45, 7) is 6.21. The Hall–Kier alpha value is -6.15. The summed E-state index contributed by atoms with van der Waals surface area (Å²) in [5.41, 5.74) is 2.51. The van der Waals surface area contributed by atoms with E-state index in [4.69, 9.17) is 47.4 Å². The van der Waals surface area contributed by atoms with Crippen LogP contribution in [0, 0.1) is 5.92 Å². The van der Waals surface area contributed by atoms with Gasteiger partial charge in [-0.15, -0.1) is 5.10 Å². The van der Waals surface area contributed by atoms with E-state index in [-0.39, 0.29) is 50.5 Å². The molecular weight excluding hydrogens is 1140 g/mol. The smallest absolute Gasteiger partial charge is 0.338 e. The number of carbonyl (C=O) groups is 3. The average molecular weight is 1220 g/mol. The fourth-order valence-corrected chi connectivity index (χ4v) is 11.6. The molecule has 26 nitrogen and oxygen atoms in total. The molecule has 10 rings (SSSR count). The Labute approximate surface area is 501 Å². The summed E-state index contributed by atoms with van der Waals surface area (Å²) in [4.78, 5) is 44.6. The monoisotopic (exact) mass is 1220 g/mol. The molecule has 6 aliphatic rings. The van der Waals surface area contributed by atoms with Crippen LogP contribution in [0.5, 0.6) is 5.75 Å². The van der Waals surface area contributed by atoms with Gasteiger partial charge < -0.3 is 98.4 Å². The van der Waals surface area contributed by atoms with Gasteiger partial charge >= 0.3 is 5.97 Å². The molecule has 9 unspecified atom stereocenters. The van der Waals surface area contributed by atoms with Gasteiger partial charge in [0.2, 0.25) is 5.91 Å². The highest BCUT2D eigenvalue weighted by Gasteiger charge is 2.55. The Morgan fingerprint density at radius 1 is 0.747 bits per heavy atom. The van der Waals surface area contributed by atoms with Gasteiger partial charge in [0, 0.05) is 42.3 Å². The Morgan fingerprint density at radius 2 is 1.44 bits per heavy atom. The van der Waals surface area contributed by atoms with Gasteiger partial charge in [-0.05, 0) is 56.9 Å². The summed E-state index contributed by atoms with van der Waals surface area (Å²) in [6, 6.07) is 23.2. The van der Waals surface area contributed by atoms with E-state index in [0.717, 1.165) is 12.0 Å². The van der Waals surface area contributed by atoms with E-state index in [2.05, 4.69) is 22.2 Å². The van der Waals surface area contributed by atoms with Crippen LogP contribution in [-0.2, 0) is 52.2 Å². The van der Waals surface area contributed by atoms with Crippen LogP contribution in [0.1, 0.15) is 67.9 Å². The number of ether oxygens (including phenoxy) is 10. The lowest BCUT2D eigenvalue weighted by Crippen LogP contribution is -2.64. The molecular formula is C61H77N5O21. The minimum atomic E-state index is -1.84. The van der Waals surface area contributed by atoms with E-state index in [1.54, 1.807) is 35.4 Å². The highest BCUT2D eigenvalue weighted by atomic mass is 16.8. The van der Waals surface area contributed by atoms with Gasteiger partial charge in [-0.3, -0.25) is 9.59 Å². The third-order valence-corrected chi connectivity index (χ3v) is 16.6. The van der Waals surface area contributed by atoms with Crippen molar-refractivity contribution >= 4 is 23.9 Å². The molecule has 3 aromatic carbocycles. The lowest BCUT2D eigenvalue weighted by molar-refractivity contribution is -0.348. The number of likely N-dealkylation sites (tertiary alicyclic amines) is 1. The topological polar surface area (TPSA) is 351 Å². The summed E-state index contributed by atoms with van der Waals surface area (Å²) in [5.74, 6) is -1.93. The van der Waals surface area contributed by atoms with Gasteiger partial charge in [-0.2, -0.15) is 0 Å². The molecule has 0 spiro atoms. The van der Waals surface area contributed by atoms with Crippen molar-refractivity contribution in [2.45, 2.75) is 162 Å². The molecule has 5 aliphatic heterocycles. The largest absolute Gasteiger partial charge is 0.457 e. The van der Waals surface area contributed by atoms with Crippen LogP contribution in [0.15, 0.2) is 109 Å². The first-order valence-corrected chi connectivity index (χ1v) is 29.5. The quantitative estimate of drug-likeness (QED) is 0.0361. The van der Waals surface area contributed by atoms with Crippen molar-refractivity contribution < 1.29 is 103 Å². The predicted molar refractivity (Wildman–Crippen MR) is 302 cm³/mol. The molecule has 4 saturated heterocycles. The fraction of sp³-hybridized carbons (Fsp3) is 0.557. The number of esters is 1. The van der Waals surface area contributed by atoms with Crippen molar-refractivity contribution in [3.63, 3.8) is 0 Å². The van der Waals surface area contributed by atoms with Crippen LogP contribution in [-0.4, -0.2) is 235 Å². The zero-order valence-corrected chi connectivity index (χ0v) is 48.2. The van der Waals surface area contributed by atoms with Gasteiger partial charge in [-0.25, -0.2) is 9.48 Å². The van der Waals surface area contributed by atoms with Crippen LogP contribution < -0.4 is 10.1 Å². The van der Waals surface area contributed by atoms with E-state index in [1.807, 2.05) is 61.5 Å². The first-order valence-electron chi connectivity index (χ1n) is 29.5. The molecule has 5 fully saturated rings. The third-order valence-electron chi connectivity index (χ3n) is 16.6. The molecule has 0 radical (unpaired) electrons. The number of fused-ring (bicyclic) bond motifs is 1. The molecule has 0 bridgehead atoms. The number of aliphatic hydroxyl groups is 8. The van der Waals surface area contributed by atoms with Crippen molar-refractivity contribution in [2.24, 2.45) is 5.92 Å². The molecule has 9 N–H and O–H groups in total. The van der Waals surface area contributed by atoms with E-state index in [9.17, 15) is 55.2 Å². The fourth-order valence-electron chi connectivity index (χ4n) is 11.6. The zero-order valence-electron chi connectivity index (χ0n) is 48.2. The second-order valence-electron chi connectivity index (χ2n) is 22.5. The summed E-state index contributed by atoms with van der Waals surface area (Å²) < 4.78 is 63.8. The molecule has 4 aromatic rings. The maximum Gasteiger partial charge on any atom is 0.338 e. The lowest BCUT2D eigenvalue weighted by atomic mass is 9.80. The van der Waals surface area contributed by atoms with Crippen LogP contribution >= 0.6 is 0 Å². The van der Waals surface area contributed by atoms with Gasteiger partial charge in [0.1, 0.15) is 90.5 Å². The van der Waals surface area contributed by atoms with Crippen molar-refractivity contribution in [3.8, 4) is 17.0 Å². The highest BCUT2D eigenvalue weighted by molar-refractivity contribution is 5.89. The first kappa shape index (κ1) is 63.9. The van der Waals surface area contributed by atoms with Gasteiger partial charge in [-0.1, -0.05) is 91.9 Å². The average Bonchev–Trinajstić information content (AvgIpc) is 2.28. The van der Waals surface area contributed by atoms with Crippen LogP contribution in [0.2, 0.25) is 0 Å². The molecule has 1 saturated carbocycles. The summed E-state index contributed by atoms with van der Waals surface area (Å²) >= 11 is 0. The van der Waals surface area contributed by atoms with E-state index < -0.39 is 147 Å². The van der Waals surface area contributed by atoms with E-state index >= 15 is 0 Å². The lowest BCUT2D eigenvalue weighted by Gasteiger charge is -2.48. The number of hydrogen-bond donors (Lipinski definition) is 9. The number of nitrogens with one attached hydrogen (secondary N) is 1. The second kappa shape index (κ2) is 29.0. The van der Waals surface area contributed by atoms with Crippen LogP contribution in [0.4, 0.5) is 0 Å². The number of para-hydroxylation sites is 1. The first-order chi connectivity index (χ1) is 42.0. The van der Waals surface area contributed by atoms with E-state index in [0.29, 0.717) is 47.8 Å². The molecule has 472 valence electrons. The van der Waals surface area contributed by atoms with Crippen molar-refractivity contribution in [3.05, 3.63) is 120 Å². The molecule has 87 heavy (non-hydrogen) atoms. The molecule has 20 atom stereocenters. The van der Waals surface area contributed by atoms with Crippen molar-refractivity contribution in [1.29, 1.82) is 0 Å². The summed E-state index contributed by atoms with van der Waals surface area (Å²) in [6.07, 6.45) is -22.4. The van der Waals surface area contributed by atoms with Crippen LogP contribution in [0.25, 0.3) is 17.3 Å². The van der Waals surface area contributed by atoms with Gasteiger partial charge in [0.05, 0.1) is 56.4 Å². The number of aliphatic hydroxyl groups excluding tert-OH is 8. The number of aromatic nitrogens is 3. The predicted octanol–water partition coefficient (Wildman–Crippen LogP) is 0.531. The molecule has 1 aliphatic carbocycles. The number of hydrogen-bond acceptors (Lipinski definition) is 23. The maximum atomic E-state index is 14.8. The Morgan fingerprint density at radius 3 is 2.14 bits per heavy atom. The Bertz CT molecular complexity index is 2970. The van der Waals surface area contributed by atoms with Crippen LogP contribution in [0.3, 0.4) is 0 Å². The number of nitrogens with zero attached hydrogens (tertiary/aromatic N) is 4. The van der Waals surface area contributed by atoms with Gasteiger partial charge in [0.25, 0.3) is 5.91 Å². The van der Waals surface area contributed by atoms with Crippen molar-refractivity contribution in [1.82, 2.24) is 25.2 Å². The highest BCUT2D eigenvalue weighted by Crippen LogP contribution is 2.42. The normalized spacial score (nSPS) is 33.7. The van der Waals surface area contributed by atoms with Gasteiger partial charge in [0.15, 0.2) is 25.0 Å². The number of amides is 2. The maximum absolute atomic E-state index is 14.8. The standard InChI is InChI=1S/C61H77N5O21/c1-4-14-42(57(76)65-22-13-23-65)82-54-48(71)45(30-68)85-61(55(54)86-58(77)35-17-9-6-10-18-35)83-43-27-37(26-40(66-28-39(63-64-66)34-15-7-5-8-16-34)52(43)87-60-50(73)49(72)46(69)33(3)81-60)56(75)62-21-24-78-59-51(74)53(47(70)44(29-67)84-59)79-31-38-25-36-19-11-12-20-41(36)80-32(38)2/h5-12,15-20,25,28,33,37,40,42-55,59-61,67-74H,2,4,13-14,21-24,26-27,29-31H2,1,3H3,(H,62,75)/t33?,37?,40-,42+,43-,44-,45?,46-,47-,48+,49+,50?,51?,52?,53?,54?,55?,59+,60+,61-/m1/s1. The SMILES string of the molecule is C=C1Oc2ccccc2C=C1COC1C(O)[C@@H](OCCNC(=O)C2C[C@@H](n3cc(-c4ccccc4)nn3)C(O[C@@H]3OC(C)[C@@H](O)[C@H](O)C3O)[C@H](O[C@@H]3OC(CO)[C@H](O)C(O[C@@H](CCC)C(=O)N4CCC4)C3OC(=O)c3ccccc3)C2)O[C@H](CO)[C@H]1O. The molecule has 26 heteroatoms. The Balaban J connectivity index is 0.939. The zero-order chi connectivity index (χ0) is 61.5. The Kier molecular flexibility index (Phi) is 21.3. The minimum absolute atomic E-state index is 0.0731. The number of benzene rings is 3. The van der Waals surface area contributed by atoms with E-state index in [1.165, 1.54) is 23.7 Å². The molecule has 6 heterocycles. The van der Waals surface area contributed by atoms with Crippen molar-refractivity contribution in [2.75, 3.05) is 46.1 Å². The third kappa shape index (κ3) is 14.5.